The molecule has 0 aliphatic carbocycles. The maximum Gasteiger partial charge on any atom is 0.337 e. The van der Waals surface area contributed by atoms with Crippen molar-refractivity contribution in [3.8, 4) is 11.3 Å². The Morgan fingerprint density at radius 1 is 1.03 bits per heavy atom. The number of halogens is 1. The van der Waals surface area contributed by atoms with Crippen LogP contribution in [0, 0.1) is 10.1 Å². The number of aromatic carboxylic acids is 1. The first-order valence-corrected chi connectivity index (χ1v) is 12.3. The summed E-state index contributed by atoms with van der Waals surface area (Å²) in [7, 11) is -4.47. The van der Waals surface area contributed by atoms with E-state index in [2.05, 4.69) is 15.2 Å². The van der Waals surface area contributed by atoms with Crippen LogP contribution in [0.25, 0.3) is 11.3 Å². The highest BCUT2D eigenvalue weighted by molar-refractivity contribution is 7.93. The quantitative estimate of drug-likeness (QED) is 0.143. The number of benzene rings is 3. The number of carboxylic acid groups (broad SMARTS) is 1. The van der Waals surface area contributed by atoms with E-state index >= 15 is 0 Å². The fraction of sp³-hybridized carbons (Fsp3) is 0. The summed E-state index contributed by atoms with van der Waals surface area (Å²) < 4.78 is 34.2. The predicted octanol–water partition coefficient (Wildman–Crippen LogP) is 5.45. The van der Waals surface area contributed by atoms with Gasteiger partial charge in [-0.25, -0.2) is 13.2 Å². The van der Waals surface area contributed by atoms with Crippen LogP contribution in [0.3, 0.4) is 0 Å². The van der Waals surface area contributed by atoms with Crippen molar-refractivity contribution in [3.05, 3.63) is 105 Å². The Hall–Kier alpha value is -4.68. The highest BCUT2D eigenvalue weighted by Gasteiger charge is 2.24. The minimum absolute atomic E-state index is 0.0911. The van der Waals surface area contributed by atoms with E-state index in [1.165, 1.54) is 36.5 Å². The maximum atomic E-state index is 13.1. The highest BCUT2D eigenvalue weighted by Crippen LogP contribution is 2.29. The molecule has 1 heterocycles. The number of sulfonamides is 1. The number of hydrogen-bond donors (Lipinski definition) is 3. The Kier molecular flexibility index (Phi) is 7.22. The van der Waals surface area contributed by atoms with Crippen LogP contribution in [-0.2, 0) is 10.0 Å². The number of non-ortho nitro benzene ring substituents is 1. The minimum atomic E-state index is -4.47. The number of hydrogen-bond acceptors (Lipinski definition) is 8. The zero-order chi connectivity index (χ0) is 26.6. The van der Waals surface area contributed by atoms with Gasteiger partial charge in [0.25, 0.3) is 15.7 Å². The Bertz CT molecular complexity index is 1620. The summed E-state index contributed by atoms with van der Waals surface area (Å²) >= 11 is 5.90. The van der Waals surface area contributed by atoms with Crippen LogP contribution in [0.1, 0.15) is 16.1 Å². The molecule has 0 spiro atoms. The lowest BCUT2D eigenvalue weighted by molar-refractivity contribution is -0.385. The van der Waals surface area contributed by atoms with Crippen LogP contribution < -0.4 is 10.1 Å². The number of anilines is 2. The molecule has 188 valence electrons. The van der Waals surface area contributed by atoms with E-state index in [1.54, 1.807) is 36.4 Å². The Labute approximate surface area is 215 Å². The Balaban J connectivity index is 1.61. The number of nitrogens with one attached hydrogen (secondary N) is 2. The van der Waals surface area contributed by atoms with Crippen molar-refractivity contribution < 1.29 is 27.7 Å². The van der Waals surface area contributed by atoms with E-state index in [1.807, 2.05) is 0 Å². The van der Waals surface area contributed by atoms with Crippen LogP contribution in [-0.4, -0.2) is 30.6 Å². The van der Waals surface area contributed by atoms with Crippen molar-refractivity contribution in [2.24, 2.45) is 5.10 Å². The number of rotatable bonds is 9. The average Bonchev–Trinajstić information content (AvgIpc) is 3.33. The lowest BCUT2D eigenvalue weighted by atomic mass is 10.2. The van der Waals surface area contributed by atoms with Crippen LogP contribution in [0.2, 0.25) is 5.02 Å². The van der Waals surface area contributed by atoms with Gasteiger partial charge < -0.3 is 9.52 Å². The molecular formula is C24H17ClN4O7S. The van der Waals surface area contributed by atoms with Gasteiger partial charge in [0.05, 0.1) is 28.1 Å². The van der Waals surface area contributed by atoms with Crippen LogP contribution in [0.15, 0.2) is 93.3 Å². The number of carboxylic acids is 1. The Morgan fingerprint density at radius 3 is 2.46 bits per heavy atom. The third-order valence-corrected chi connectivity index (χ3v) is 6.66. The molecular weight excluding hydrogens is 524 g/mol. The van der Waals surface area contributed by atoms with E-state index in [0.717, 1.165) is 17.7 Å². The van der Waals surface area contributed by atoms with Gasteiger partial charge in [0.2, 0.25) is 0 Å². The van der Waals surface area contributed by atoms with E-state index in [-0.39, 0.29) is 16.9 Å². The summed E-state index contributed by atoms with van der Waals surface area (Å²) in [6, 6.07) is 18.8. The first-order chi connectivity index (χ1) is 17.6. The molecule has 0 fully saturated rings. The third-order valence-electron chi connectivity index (χ3n) is 5.00. The second kappa shape index (κ2) is 10.5. The van der Waals surface area contributed by atoms with Gasteiger partial charge >= 0.3 is 5.97 Å². The number of nitrogens with zero attached hydrogens (tertiary/aromatic N) is 2. The average molecular weight is 541 g/mol. The number of nitro benzene ring substituents is 1. The normalized spacial score (nSPS) is 11.4. The van der Waals surface area contributed by atoms with Crippen molar-refractivity contribution in [1.82, 2.24) is 0 Å². The fourth-order valence-electron chi connectivity index (χ4n) is 3.25. The molecule has 0 atom stereocenters. The SMILES string of the molecule is O=C(O)c1ccccc1NS(=O)(=O)c1cc([N+](=O)[O-])ccc1NN=Cc1ccc(-c2ccc(Cl)cc2)o1. The zero-order valence-corrected chi connectivity index (χ0v) is 20.2. The van der Waals surface area contributed by atoms with Gasteiger partial charge in [-0.15, -0.1) is 0 Å². The number of hydrazone groups is 1. The van der Waals surface area contributed by atoms with Crippen molar-refractivity contribution in [3.63, 3.8) is 0 Å². The molecule has 4 rings (SSSR count). The van der Waals surface area contributed by atoms with Crippen LogP contribution in [0.4, 0.5) is 17.1 Å². The summed E-state index contributed by atoms with van der Waals surface area (Å²) in [4.78, 5) is 21.5. The van der Waals surface area contributed by atoms with Gasteiger partial charge in [-0.2, -0.15) is 5.10 Å². The van der Waals surface area contributed by atoms with E-state index in [0.29, 0.717) is 16.5 Å². The molecule has 13 heteroatoms. The van der Waals surface area contributed by atoms with E-state index in [4.69, 9.17) is 16.0 Å². The number of carbonyl (C=O) groups is 1. The van der Waals surface area contributed by atoms with Gasteiger partial charge in [-0.05, 0) is 54.6 Å². The molecule has 3 N–H and O–H groups in total. The maximum absolute atomic E-state index is 13.1. The van der Waals surface area contributed by atoms with Gasteiger partial charge in [0.1, 0.15) is 16.4 Å². The highest BCUT2D eigenvalue weighted by atomic mass is 35.5. The zero-order valence-electron chi connectivity index (χ0n) is 18.7. The monoisotopic (exact) mass is 540 g/mol. The molecule has 3 aromatic carbocycles. The number of furan rings is 1. The van der Waals surface area contributed by atoms with E-state index in [9.17, 15) is 28.4 Å². The van der Waals surface area contributed by atoms with Crippen molar-refractivity contribution in [2.75, 3.05) is 10.1 Å². The molecule has 0 amide bonds. The number of nitro groups is 1. The van der Waals surface area contributed by atoms with Crippen molar-refractivity contribution in [1.29, 1.82) is 0 Å². The van der Waals surface area contributed by atoms with Gasteiger partial charge in [0, 0.05) is 22.7 Å². The largest absolute Gasteiger partial charge is 0.478 e. The molecule has 37 heavy (non-hydrogen) atoms. The summed E-state index contributed by atoms with van der Waals surface area (Å²) in [5.74, 6) is -0.452. The topological polar surface area (TPSA) is 164 Å². The molecule has 4 aromatic rings. The lowest BCUT2D eigenvalue weighted by Gasteiger charge is -2.13. The summed E-state index contributed by atoms with van der Waals surface area (Å²) in [6.45, 7) is 0. The summed E-state index contributed by atoms with van der Waals surface area (Å²) in [5, 5.41) is 25.2. The molecule has 0 radical (unpaired) electrons. The van der Waals surface area contributed by atoms with Crippen molar-refractivity contribution in [2.45, 2.75) is 4.90 Å². The van der Waals surface area contributed by atoms with Gasteiger partial charge in [-0.1, -0.05) is 23.7 Å². The molecule has 0 saturated heterocycles. The fourth-order valence-corrected chi connectivity index (χ4v) is 4.64. The molecule has 0 bridgehead atoms. The molecule has 0 aliphatic rings. The first kappa shape index (κ1) is 25.4. The molecule has 0 saturated carbocycles. The smallest absolute Gasteiger partial charge is 0.337 e. The van der Waals surface area contributed by atoms with Gasteiger partial charge in [-0.3, -0.25) is 20.3 Å². The molecule has 1 aromatic heterocycles. The lowest BCUT2D eigenvalue weighted by Crippen LogP contribution is -2.17. The van der Waals surface area contributed by atoms with Crippen molar-refractivity contribution >= 4 is 50.9 Å². The summed E-state index contributed by atoms with van der Waals surface area (Å²) in [6.07, 6.45) is 1.30. The van der Waals surface area contributed by atoms with Crippen LogP contribution >= 0.6 is 11.6 Å². The number of para-hydroxylation sites is 1. The standard InChI is InChI=1S/C24H17ClN4O7S/c25-16-7-5-15(6-8-16)22-12-10-18(36-22)14-26-27-21-11-9-17(29(32)33)13-23(21)37(34,35)28-20-4-2-1-3-19(20)24(30)31/h1-14,27-28H,(H,30,31). The van der Waals surface area contributed by atoms with Crippen LogP contribution in [0.5, 0.6) is 0 Å². The second-order valence-electron chi connectivity index (χ2n) is 7.47. The molecule has 11 nitrogen and oxygen atoms in total. The first-order valence-electron chi connectivity index (χ1n) is 10.4. The minimum Gasteiger partial charge on any atom is -0.478 e. The van der Waals surface area contributed by atoms with Gasteiger partial charge in [0.15, 0.2) is 0 Å². The molecule has 0 unspecified atom stereocenters. The third kappa shape index (κ3) is 5.94. The molecule has 0 aliphatic heterocycles. The summed E-state index contributed by atoms with van der Waals surface area (Å²) in [5.41, 5.74) is 2.26. The Morgan fingerprint density at radius 2 is 1.76 bits per heavy atom. The second-order valence-corrected chi connectivity index (χ2v) is 9.56. The predicted molar refractivity (Wildman–Crippen MR) is 138 cm³/mol. The van der Waals surface area contributed by atoms with E-state index < -0.39 is 31.5 Å².